The molecule has 0 saturated carbocycles. The largest absolute Gasteiger partial charge is 0.497 e. The highest BCUT2D eigenvalue weighted by atomic mass is 32.2. The first-order valence-electron chi connectivity index (χ1n) is 46.0. The predicted molar refractivity (Wildman–Crippen MR) is 572 cm³/mol. The van der Waals surface area contributed by atoms with Gasteiger partial charge in [-0.05, 0) is 382 Å². The molecule has 16 nitrogen and oxygen atoms in total. The van der Waals surface area contributed by atoms with Gasteiger partial charge in [0, 0.05) is 57.7 Å². The van der Waals surface area contributed by atoms with E-state index in [-0.39, 0.29) is 0 Å². The van der Waals surface area contributed by atoms with Gasteiger partial charge in [0.15, 0.2) is 0 Å². The van der Waals surface area contributed by atoms with Gasteiger partial charge in [-0.2, -0.15) is 14.8 Å². The second-order valence-corrected chi connectivity index (χ2v) is 36.2. The summed E-state index contributed by atoms with van der Waals surface area (Å²) in [5.41, 5.74) is 37.4. The molecule has 0 radical (unpaired) electrons. The van der Waals surface area contributed by atoms with Crippen molar-refractivity contribution in [2.75, 3.05) is 96.4 Å². The summed E-state index contributed by atoms with van der Waals surface area (Å²) >= 11 is 0. The van der Waals surface area contributed by atoms with Gasteiger partial charge in [-0.15, -0.1) is 0 Å². The number of benzene rings is 11. The topological polar surface area (TPSA) is 194 Å². The van der Waals surface area contributed by atoms with Crippen molar-refractivity contribution in [3.63, 3.8) is 0 Å². The molecule has 2 heterocycles. The number of aryl methyl sites for hydroxylation is 27. The van der Waals surface area contributed by atoms with Crippen LogP contribution in [0.2, 0.25) is 0 Å². The van der Waals surface area contributed by atoms with E-state index in [0.29, 0.717) is 62.1 Å². The Kier molecular flexibility index (Phi) is 57.4. The van der Waals surface area contributed by atoms with Crippen molar-refractivity contribution in [2.45, 2.75) is 198 Å². The zero-order valence-corrected chi connectivity index (χ0v) is 89.8. The first-order valence-corrected chi connectivity index (χ1v) is 47.5. The minimum Gasteiger partial charge on any atom is -0.497 e. The van der Waals surface area contributed by atoms with Crippen LogP contribution in [0.15, 0.2) is 236 Å². The third-order valence-electron chi connectivity index (χ3n) is 21.8. The molecule has 0 unspecified atom stereocenters. The van der Waals surface area contributed by atoms with Gasteiger partial charge in [0.05, 0.1) is 96.7 Å². The molecule has 0 amide bonds. The first-order chi connectivity index (χ1) is 64.9. The van der Waals surface area contributed by atoms with Crippen LogP contribution in [0.4, 0.5) is 0 Å². The summed E-state index contributed by atoms with van der Waals surface area (Å²) in [4.78, 5) is 8.60. The van der Waals surface area contributed by atoms with Gasteiger partial charge in [0.1, 0.15) is 28.7 Å². The quantitative estimate of drug-likeness (QED) is 0.0693. The second-order valence-electron chi connectivity index (χ2n) is 34.3. The van der Waals surface area contributed by atoms with Crippen molar-refractivity contribution in [3.8, 4) is 52.0 Å². The average Bonchev–Trinajstić information content (AvgIpc) is 0.793. The molecule has 17 heteroatoms. The van der Waals surface area contributed by atoms with Crippen molar-refractivity contribution in [2.24, 2.45) is 0 Å². The zero-order chi connectivity index (χ0) is 103. The SMILES string of the molecule is COCCN(CCOC)S(=O)(=O)c1cc(C)ccc1C.COCCOCc1cc(C)ccc1C.COc1cc(C)c(OC)cc1C.COc1cc(C)cc(C)c1.COc1cc(C)ccc1C.COc1ccc(C)cc1C.Cc1cc(C#N)c(C)cc1C#N.Cc1cc(C)c(C)cc1C.Cc1ccc(-c2ccc(C)cc2)cc1.Cc1ccc(C)c(C)c1.Cc1ccc(C)nc1.Cc1cccc(C)n1. The first kappa shape index (κ1) is 121. The molecule has 0 aliphatic heterocycles. The number of pyridine rings is 2. The Balaban J connectivity index is 0.000000510. The van der Waals surface area contributed by atoms with E-state index in [9.17, 15) is 8.42 Å². The van der Waals surface area contributed by atoms with E-state index in [1.165, 1.54) is 121 Å². The minimum absolute atomic E-state index is 0.315. The molecule has 13 rings (SSSR count). The zero-order valence-electron chi connectivity index (χ0n) is 89.0. The van der Waals surface area contributed by atoms with Crippen molar-refractivity contribution < 1.29 is 51.0 Å². The highest BCUT2D eigenvalue weighted by Crippen LogP contribution is 2.29. The number of rotatable bonds is 19. The van der Waals surface area contributed by atoms with Crippen LogP contribution in [-0.2, 0) is 35.6 Å². The van der Waals surface area contributed by atoms with Gasteiger partial charge in [-0.25, -0.2) is 8.42 Å². The smallest absolute Gasteiger partial charge is 0.243 e. The molecule has 11 aromatic carbocycles. The molecule has 137 heavy (non-hydrogen) atoms. The Morgan fingerprint density at radius 1 is 0.285 bits per heavy atom. The van der Waals surface area contributed by atoms with E-state index >= 15 is 0 Å². The molecule has 13 aromatic rings. The van der Waals surface area contributed by atoms with Crippen LogP contribution in [-0.4, -0.2) is 119 Å². The number of methoxy groups -OCH3 is 8. The fourth-order valence-electron chi connectivity index (χ4n) is 13.1. The lowest BCUT2D eigenvalue weighted by atomic mass is 10.0. The maximum absolute atomic E-state index is 12.7. The van der Waals surface area contributed by atoms with Gasteiger partial charge >= 0.3 is 0 Å². The molecule has 0 fully saturated rings. The maximum atomic E-state index is 12.7. The molecule has 0 N–H and O–H groups in total. The summed E-state index contributed by atoms with van der Waals surface area (Å²) in [6.07, 6.45) is 1.87. The molecule has 0 atom stereocenters. The number of nitrogens with zero attached hydrogens (tertiary/aromatic N) is 5. The van der Waals surface area contributed by atoms with Gasteiger partial charge < -0.3 is 42.6 Å². The monoisotopic (exact) mass is 1880 g/mol. The Morgan fingerprint density at radius 3 is 1.03 bits per heavy atom. The molecule has 0 aliphatic carbocycles. The van der Waals surface area contributed by atoms with E-state index in [1.54, 1.807) is 82.0 Å². The van der Waals surface area contributed by atoms with E-state index < -0.39 is 10.0 Å². The summed E-state index contributed by atoms with van der Waals surface area (Å²) < 4.78 is 72.9. The average molecular weight is 1880 g/mol. The van der Waals surface area contributed by atoms with Crippen LogP contribution >= 0.6 is 0 Å². The summed E-state index contributed by atoms with van der Waals surface area (Å²) in [6.45, 7) is 58.5. The van der Waals surface area contributed by atoms with E-state index in [4.69, 9.17) is 53.2 Å². The van der Waals surface area contributed by atoms with Gasteiger partial charge in [-0.1, -0.05) is 179 Å². The molecular formula is C120H157N5O11S. The van der Waals surface area contributed by atoms with Crippen molar-refractivity contribution in [3.05, 3.63) is 398 Å². The van der Waals surface area contributed by atoms with Crippen molar-refractivity contribution in [1.82, 2.24) is 14.3 Å². The molecule has 0 aliphatic rings. The highest BCUT2D eigenvalue weighted by molar-refractivity contribution is 7.89. The fourth-order valence-corrected chi connectivity index (χ4v) is 14.8. The standard InChI is InChI=1S/C14H23NO4S.C14H14.C12H18O2.C10H8N2.C10H14O2.C10H14.3C9H12O.C9H12.2C7H9N/c1-12-5-6-13(2)14(11-12)20(16,17)15(7-9-18-3)8-10-19-4;1-11-3-7-13(8-4-11)14-9-5-12(2)6-10-14;1-10-4-5-11(2)12(8-10)9-14-7-6-13-3;1-7-3-10(6-12)8(2)4-9(7)5-11;1-7-5-10(12-4)8(2)6-9(7)11-3;1-7-5-9(3)10(4)6-8(7)2;1-7-4-8(2)6-9(5-7)10-3;1-7-4-5-9(10-3)8(2)6-7;1-7-4-5-8(2)9(6-7)10-3;1-7-4-5-8(2)9(3)6-7;1-6-3-4-7(2)8-5-6;1-6-4-3-5-7(2)8-6/h5-6,11H,7-10H2,1-4H3;3-10H,1-2H3;4-5,8H,6-7,9H2,1-3H3;3-4H,1-2H3;5-6H,1-4H3;5-6H,1-4H3;3*4-6H,1-3H3;4-6H,1-3H3;2*3-5H,1-2H3. The lowest BCUT2D eigenvalue weighted by molar-refractivity contribution is 0.0614. The summed E-state index contributed by atoms with van der Waals surface area (Å²) in [5.74, 6) is 4.70. The van der Waals surface area contributed by atoms with Crippen LogP contribution < -0.4 is 23.7 Å². The van der Waals surface area contributed by atoms with Crippen LogP contribution in [0.5, 0.6) is 28.7 Å². The molecule has 0 spiro atoms. The summed E-state index contributed by atoms with van der Waals surface area (Å²) in [6, 6.07) is 80.3. The van der Waals surface area contributed by atoms with Crippen LogP contribution in [0.3, 0.4) is 0 Å². The highest BCUT2D eigenvalue weighted by Gasteiger charge is 2.26. The Hall–Kier alpha value is -12.6. The van der Waals surface area contributed by atoms with E-state index in [1.807, 2.05) is 161 Å². The van der Waals surface area contributed by atoms with Gasteiger partial charge in [0.2, 0.25) is 10.0 Å². The number of aromatic nitrogens is 2. The summed E-state index contributed by atoms with van der Waals surface area (Å²) in [7, 11) is 9.69. The molecule has 734 valence electrons. The van der Waals surface area contributed by atoms with Crippen molar-refractivity contribution in [1.29, 1.82) is 10.5 Å². The summed E-state index contributed by atoms with van der Waals surface area (Å²) in [5, 5.41) is 17.3. The minimum atomic E-state index is -3.53. The Bertz CT molecular complexity index is 5750. The van der Waals surface area contributed by atoms with Gasteiger partial charge in [0.25, 0.3) is 0 Å². The van der Waals surface area contributed by atoms with Crippen LogP contribution in [0, 0.1) is 210 Å². The predicted octanol–water partition coefficient (Wildman–Crippen LogP) is 28.3. The molecule has 0 bridgehead atoms. The third kappa shape index (κ3) is 47.2. The molecule has 2 aromatic heterocycles. The second kappa shape index (κ2) is 65.2. The fraction of sp³-hybridized carbons (Fsp3) is 0.350. The Labute approximate surface area is 825 Å². The third-order valence-corrected chi connectivity index (χ3v) is 23.9. The number of hydrogen-bond donors (Lipinski definition) is 0. The lowest BCUT2D eigenvalue weighted by Crippen LogP contribution is -2.36. The normalized spacial score (nSPS) is 10.0. The number of hydrogen-bond acceptors (Lipinski definition) is 15. The lowest BCUT2D eigenvalue weighted by Gasteiger charge is -2.22. The van der Waals surface area contributed by atoms with Crippen LogP contribution in [0.1, 0.15) is 167 Å². The van der Waals surface area contributed by atoms with Gasteiger partial charge in [-0.3, -0.25) is 9.97 Å². The van der Waals surface area contributed by atoms with E-state index in [0.717, 1.165) is 79.2 Å². The van der Waals surface area contributed by atoms with E-state index in [2.05, 4.69) is 253 Å². The molecule has 0 saturated heterocycles. The van der Waals surface area contributed by atoms with Crippen molar-refractivity contribution >= 4 is 10.0 Å². The molecular weight excluding hydrogens is 1720 g/mol. The Morgan fingerprint density at radius 2 is 0.657 bits per heavy atom. The number of nitriles is 2. The number of ether oxygens (including phenoxy) is 9. The number of sulfonamides is 1. The maximum Gasteiger partial charge on any atom is 0.243 e. The van der Waals surface area contributed by atoms with Crippen LogP contribution in [0.25, 0.3) is 11.1 Å².